The molecule has 0 saturated carbocycles. The van der Waals surface area contributed by atoms with Gasteiger partial charge in [0.25, 0.3) is 0 Å². The first-order valence-electron chi connectivity index (χ1n) is 7.50. The van der Waals surface area contributed by atoms with E-state index in [1.165, 1.54) is 11.8 Å². The van der Waals surface area contributed by atoms with Gasteiger partial charge in [-0.25, -0.2) is 0 Å². The fraction of sp³-hybridized carbons (Fsp3) is 0.312. The van der Waals surface area contributed by atoms with E-state index in [0.717, 1.165) is 5.03 Å². The number of aromatic nitrogens is 5. The van der Waals surface area contributed by atoms with Gasteiger partial charge in [0, 0.05) is 11.7 Å². The molecule has 0 unspecified atom stereocenters. The van der Waals surface area contributed by atoms with Gasteiger partial charge in [-0.3, -0.25) is 9.78 Å². The minimum Gasteiger partial charge on any atom is -0.351 e. The Morgan fingerprint density at radius 2 is 2.04 bits per heavy atom. The maximum Gasteiger partial charge on any atom is 0.230 e. The predicted molar refractivity (Wildman–Crippen MR) is 92.6 cm³/mol. The van der Waals surface area contributed by atoms with Gasteiger partial charge < -0.3 is 5.32 Å². The van der Waals surface area contributed by atoms with Gasteiger partial charge in [0.2, 0.25) is 11.7 Å². The minimum atomic E-state index is -0.241. The van der Waals surface area contributed by atoms with Crippen molar-refractivity contribution >= 4 is 23.3 Å². The molecular weight excluding hydrogens is 324 g/mol. The van der Waals surface area contributed by atoms with Crippen molar-refractivity contribution in [2.75, 3.05) is 5.75 Å². The van der Waals surface area contributed by atoms with Crippen LogP contribution in [0.15, 0.2) is 41.6 Å². The number of thioether (sulfide) groups is 1. The Balaban J connectivity index is 1.80. The highest BCUT2D eigenvalue weighted by Crippen LogP contribution is 2.19. The molecule has 0 saturated heterocycles. The Labute approximate surface area is 143 Å². The van der Waals surface area contributed by atoms with E-state index in [0.29, 0.717) is 22.9 Å². The van der Waals surface area contributed by atoms with Crippen LogP contribution in [0.25, 0.3) is 17.2 Å². The van der Waals surface area contributed by atoms with Gasteiger partial charge in [-0.15, -0.1) is 10.2 Å². The third-order valence-electron chi connectivity index (χ3n) is 3.00. The molecule has 0 fully saturated rings. The first-order chi connectivity index (χ1) is 11.4. The topological polar surface area (TPSA) is 85.1 Å². The van der Waals surface area contributed by atoms with E-state index in [1.807, 2.05) is 51.1 Å². The van der Waals surface area contributed by atoms with E-state index in [2.05, 4.69) is 25.6 Å². The number of amides is 1. The van der Waals surface area contributed by atoms with E-state index >= 15 is 0 Å². The molecule has 0 atom stereocenters. The van der Waals surface area contributed by atoms with Crippen LogP contribution in [0.3, 0.4) is 0 Å². The van der Waals surface area contributed by atoms with Gasteiger partial charge in [-0.1, -0.05) is 17.8 Å². The summed E-state index contributed by atoms with van der Waals surface area (Å²) in [5, 5.41) is 16.4. The zero-order valence-corrected chi connectivity index (χ0v) is 14.5. The lowest BCUT2D eigenvalue weighted by Crippen LogP contribution is -2.41. The Morgan fingerprint density at radius 3 is 2.75 bits per heavy atom. The van der Waals surface area contributed by atoms with E-state index in [4.69, 9.17) is 0 Å². The molecule has 3 rings (SSSR count). The fourth-order valence-electron chi connectivity index (χ4n) is 2.10. The number of hydrogen-bond acceptors (Lipinski definition) is 6. The molecule has 0 aromatic carbocycles. The summed E-state index contributed by atoms with van der Waals surface area (Å²) in [6.07, 6.45) is 1.70. The van der Waals surface area contributed by atoms with Crippen molar-refractivity contribution in [3.8, 4) is 11.5 Å². The van der Waals surface area contributed by atoms with Gasteiger partial charge in [-0.05, 0) is 45.0 Å². The highest BCUT2D eigenvalue weighted by Gasteiger charge is 2.15. The lowest BCUT2D eigenvalue weighted by molar-refractivity contribution is -0.119. The summed E-state index contributed by atoms with van der Waals surface area (Å²) >= 11 is 1.37. The molecule has 0 aliphatic heterocycles. The second-order valence-corrected chi connectivity index (χ2v) is 7.26. The molecule has 3 aromatic heterocycles. The van der Waals surface area contributed by atoms with Crippen LogP contribution in [0.1, 0.15) is 20.8 Å². The van der Waals surface area contributed by atoms with Gasteiger partial charge >= 0.3 is 0 Å². The molecule has 0 bridgehead atoms. The van der Waals surface area contributed by atoms with Crippen molar-refractivity contribution in [3.63, 3.8) is 0 Å². The normalized spacial score (nSPS) is 11.6. The molecule has 0 radical (unpaired) electrons. The Hall–Kier alpha value is -2.48. The standard InChI is InChI=1S/C16H18N6OS/c1-16(2,3)18-13(23)10-24-14-8-7-12-19-20-15(22(12)21-14)11-6-4-5-9-17-11/h4-9H,10H2,1-3H3,(H,18,23). The first kappa shape index (κ1) is 16.4. The van der Waals surface area contributed by atoms with Gasteiger partial charge in [-0.2, -0.15) is 9.61 Å². The van der Waals surface area contributed by atoms with E-state index < -0.39 is 0 Å². The van der Waals surface area contributed by atoms with Crippen LogP contribution in [0, 0.1) is 0 Å². The van der Waals surface area contributed by atoms with E-state index in [1.54, 1.807) is 10.7 Å². The minimum absolute atomic E-state index is 0.0249. The summed E-state index contributed by atoms with van der Waals surface area (Å²) in [6, 6.07) is 9.25. The van der Waals surface area contributed by atoms with Crippen molar-refractivity contribution < 1.29 is 4.79 Å². The summed E-state index contributed by atoms with van der Waals surface area (Å²) in [4.78, 5) is 16.2. The van der Waals surface area contributed by atoms with Gasteiger partial charge in [0.1, 0.15) is 10.7 Å². The van der Waals surface area contributed by atoms with E-state index in [9.17, 15) is 4.79 Å². The molecular formula is C16H18N6OS. The highest BCUT2D eigenvalue weighted by molar-refractivity contribution is 7.99. The van der Waals surface area contributed by atoms with Crippen LogP contribution >= 0.6 is 11.8 Å². The zero-order chi connectivity index (χ0) is 17.2. The van der Waals surface area contributed by atoms with Crippen LogP contribution in [0.2, 0.25) is 0 Å². The molecule has 0 aliphatic carbocycles. The smallest absolute Gasteiger partial charge is 0.230 e. The fourth-order valence-corrected chi connectivity index (χ4v) is 2.75. The quantitative estimate of drug-likeness (QED) is 0.732. The van der Waals surface area contributed by atoms with Crippen LogP contribution in [-0.4, -0.2) is 42.0 Å². The molecule has 3 heterocycles. The second kappa shape index (κ2) is 6.56. The highest BCUT2D eigenvalue weighted by atomic mass is 32.2. The largest absolute Gasteiger partial charge is 0.351 e. The number of nitrogens with zero attached hydrogens (tertiary/aromatic N) is 5. The average Bonchev–Trinajstić information content (AvgIpc) is 2.95. The van der Waals surface area contributed by atoms with Crippen molar-refractivity contribution in [1.82, 2.24) is 30.1 Å². The number of rotatable bonds is 4. The summed E-state index contributed by atoms with van der Waals surface area (Å²) in [6.45, 7) is 5.86. The SMILES string of the molecule is CC(C)(C)NC(=O)CSc1ccc2nnc(-c3ccccn3)n2n1. The van der Waals surface area contributed by atoms with E-state index in [-0.39, 0.29) is 11.4 Å². The molecule has 24 heavy (non-hydrogen) atoms. The Bertz CT molecular complexity index is 856. The number of hydrogen-bond donors (Lipinski definition) is 1. The van der Waals surface area contributed by atoms with Crippen LogP contribution in [-0.2, 0) is 4.79 Å². The maximum atomic E-state index is 11.9. The summed E-state index contributed by atoms with van der Waals surface area (Å²) in [5.41, 5.74) is 1.10. The number of carbonyl (C=O) groups excluding carboxylic acids is 1. The summed E-state index contributed by atoms with van der Waals surface area (Å²) in [7, 11) is 0. The third-order valence-corrected chi connectivity index (χ3v) is 3.92. The van der Waals surface area contributed by atoms with Crippen LogP contribution < -0.4 is 5.32 Å². The van der Waals surface area contributed by atoms with Gasteiger partial charge in [0.05, 0.1) is 5.75 Å². The number of carbonyl (C=O) groups is 1. The molecule has 1 amide bonds. The van der Waals surface area contributed by atoms with Crippen LogP contribution in [0.5, 0.6) is 0 Å². The molecule has 124 valence electrons. The maximum absolute atomic E-state index is 11.9. The lowest BCUT2D eigenvalue weighted by Gasteiger charge is -2.20. The predicted octanol–water partition coefficient (Wildman–Crippen LogP) is 2.19. The van der Waals surface area contributed by atoms with Crippen molar-refractivity contribution in [2.45, 2.75) is 31.3 Å². The zero-order valence-electron chi connectivity index (χ0n) is 13.7. The summed E-state index contributed by atoms with van der Waals surface area (Å²) in [5.74, 6) is 0.854. The molecule has 0 aliphatic rings. The molecule has 7 nitrogen and oxygen atoms in total. The monoisotopic (exact) mass is 342 g/mol. The summed E-state index contributed by atoms with van der Waals surface area (Å²) < 4.78 is 1.65. The third kappa shape index (κ3) is 3.88. The first-order valence-corrected chi connectivity index (χ1v) is 8.49. The Morgan fingerprint density at radius 1 is 1.21 bits per heavy atom. The lowest BCUT2D eigenvalue weighted by atomic mass is 10.1. The number of fused-ring (bicyclic) bond motifs is 1. The number of nitrogens with one attached hydrogen (secondary N) is 1. The average molecular weight is 342 g/mol. The molecule has 3 aromatic rings. The molecule has 1 N–H and O–H groups in total. The second-order valence-electron chi connectivity index (χ2n) is 6.27. The van der Waals surface area contributed by atoms with Crippen molar-refractivity contribution in [3.05, 3.63) is 36.5 Å². The van der Waals surface area contributed by atoms with Crippen LogP contribution in [0.4, 0.5) is 0 Å². The van der Waals surface area contributed by atoms with Crippen molar-refractivity contribution in [2.24, 2.45) is 0 Å². The number of pyridine rings is 1. The molecule has 0 spiro atoms. The molecule has 8 heteroatoms. The Kier molecular flexibility index (Phi) is 4.48. The van der Waals surface area contributed by atoms with Crippen molar-refractivity contribution in [1.29, 1.82) is 0 Å². The van der Waals surface area contributed by atoms with Gasteiger partial charge in [0.15, 0.2) is 5.65 Å².